The molecule has 0 aliphatic carbocycles. The van der Waals surface area contributed by atoms with Crippen LogP contribution >= 0.6 is 0 Å². The normalized spacial score (nSPS) is 16.2. The van der Waals surface area contributed by atoms with Crippen LogP contribution in [0.4, 0.5) is 0 Å². The molecule has 1 N–H and O–H groups in total. The molecule has 0 aromatic heterocycles. The first-order valence-electron chi connectivity index (χ1n) is 9.87. The minimum absolute atomic E-state index is 0.00642. The summed E-state index contributed by atoms with van der Waals surface area (Å²) in [5.41, 5.74) is 1.97. The van der Waals surface area contributed by atoms with Gasteiger partial charge in [0, 0.05) is 31.6 Å². The minimum atomic E-state index is -0.0637. The summed E-state index contributed by atoms with van der Waals surface area (Å²) in [5, 5.41) is 3.00. The zero-order valence-electron chi connectivity index (χ0n) is 16.2. The summed E-state index contributed by atoms with van der Waals surface area (Å²) in [4.78, 5) is 26.7. The fourth-order valence-corrected chi connectivity index (χ4v) is 3.58. The van der Waals surface area contributed by atoms with Crippen LogP contribution in [0.3, 0.4) is 0 Å². The number of nitrogens with zero attached hydrogens (tertiary/aromatic N) is 1. The summed E-state index contributed by atoms with van der Waals surface area (Å²) in [6, 6.07) is 15.4. The van der Waals surface area contributed by atoms with Crippen LogP contribution in [-0.4, -0.2) is 36.6 Å². The van der Waals surface area contributed by atoms with Crippen LogP contribution in [0, 0.1) is 5.92 Å². The second-order valence-corrected chi connectivity index (χ2v) is 7.25. The molecular formula is C23H24N2O4. The molecule has 4 rings (SSSR count). The third-order valence-corrected chi connectivity index (χ3v) is 5.30. The molecule has 1 saturated heterocycles. The van der Waals surface area contributed by atoms with E-state index in [1.807, 2.05) is 54.6 Å². The first-order chi connectivity index (χ1) is 14.2. The van der Waals surface area contributed by atoms with E-state index in [2.05, 4.69) is 5.32 Å². The van der Waals surface area contributed by atoms with E-state index in [0.717, 1.165) is 16.9 Å². The lowest BCUT2D eigenvalue weighted by molar-refractivity contribution is -0.132. The van der Waals surface area contributed by atoms with Crippen LogP contribution in [0.5, 0.6) is 11.5 Å². The number of ether oxygens (including phenoxy) is 2. The molecule has 0 unspecified atom stereocenters. The molecule has 150 valence electrons. The van der Waals surface area contributed by atoms with Crippen LogP contribution in [-0.2, 0) is 16.1 Å². The molecule has 2 heterocycles. The smallest absolute Gasteiger partial charge is 0.246 e. The van der Waals surface area contributed by atoms with Crippen LogP contribution in [0.2, 0.25) is 0 Å². The number of benzene rings is 2. The van der Waals surface area contributed by atoms with Gasteiger partial charge >= 0.3 is 0 Å². The van der Waals surface area contributed by atoms with Gasteiger partial charge in [0.2, 0.25) is 18.6 Å². The van der Waals surface area contributed by atoms with Gasteiger partial charge in [0.25, 0.3) is 0 Å². The Balaban J connectivity index is 1.23. The van der Waals surface area contributed by atoms with E-state index < -0.39 is 0 Å². The fraction of sp³-hybridized carbons (Fsp3) is 0.304. The average molecular weight is 392 g/mol. The van der Waals surface area contributed by atoms with Crippen molar-refractivity contribution in [1.29, 1.82) is 0 Å². The van der Waals surface area contributed by atoms with Gasteiger partial charge in [-0.1, -0.05) is 36.4 Å². The van der Waals surface area contributed by atoms with Gasteiger partial charge in [0.05, 0.1) is 0 Å². The predicted octanol–water partition coefficient (Wildman–Crippen LogP) is 2.98. The SMILES string of the molecule is O=C(NCc1ccc2c(c1)OCO2)C1CCN(C(=O)/C=C/c2ccccc2)CC1. The Morgan fingerprint density at radius 1 is 1.03 bits per heavy atom. The molecular weight excluding hydrogens is 368 g/mol. The molecule has 2 aromatic rings. The Bertz CT molecular complexity index is 902. The Morgan fingerprint density at radius 2 is 1.79 bits per heavy atom. The van der Waals surface area contributed by atoms with Crippen molar-refractivity contribution >= 4 is 17.9 Å². The first kappa shape index (κ1) is 19.1. The van der Waals surface area contributed by atoms with E-state index in [0.29, 0.717) is 38.2 Å². The Morgan fingerprint density at radius 3 is 2.59 bits per heavy atom. The lowest BCUT2D eigenvalue weighted by Gasteiger charge is -2.30. The summed E-state index contributed by atoms with van der Waals surface area (Å²) in [6.07, 6.45) is 4.79. The van der Waals surface area contributed by atoms with Gasteiger partial charge in [-0.15, -0.1) is 0 Å². The third kappa shape index (κ3) is 4.77. The Hall–Kier alpha value is -3.28. The third-order valence-electron chi connectivity index (χ3n) is 5.30. The second-order valence-electron chi connectivity index (χ2n) is 7.25. The van der Waals surface area contributed by atoms with Crippen molar-refractivity contribution in [2.45, 2.75) is 19.4 Å². The van der Waals surface area contributed by atoms with Crippen molar-refractivity contribution < 1.29 is 19.1 Å². The quantitative estimate of drug-likeness (QED) is 0.795. The number of rotatable bonds is 5. The topological polar surface area (TPSA) is 67.9 Å². The van der Waals surface area contributed by atoms with Crippen LogP contribution in [0.25, 0.3) is 6.08 Å². The van der Waals surface area contributed by atoms with Crippen molar-refractivity contribution in [1.82, 2.24) is 10.2 Å². The van der Waals surface area contributed by atoms with Crippen LogP contribution in [0.1, 0.15) is 24.0 Å². The van der Waals surface area contributed by atoms with Crippen LogP contribution < -0.4 is 14.8 Å². The average Bonchev–Trinajstić information content (AvgIpc) is 3.24. The standard InChI is InChI=1S/C23H24N2O4/c26-22(9-7-17-4-2-1-3-5-17)25-12-10-19(11-13-25)23(27)24-15-18-6-8-20-21(14-18)29-16-28-20/h1-9,14,19H,10-13,15-16H2,(H,24,27)/b9-7+. The molecule has 2 amide bonds. The van der Waals surface area contributed by atoms with Gasteiger partial charge in [0.15, 0.2) is 11.5 Å². The maximum atomic E-state index is 12.5. The number of carbonyl (C=O) groups excluding carboxylic acids is 2. The number of amides is 2. The molecule has 0 saturated carbocycles. The molecule has 6 heteroatoms. The number of piperidine rings is 1. The molecule has 0 bridgehead atoms. The Labute approximate surface area is 170 Å². The van der Waals surface area contributed by atoms with Crippen molar-refractivity contribution in [3.05, 3.63) is 65.7 Å². The number of hydrogen-bond acceptors (Lipinski definition) is 4. The highest BCUT2D eigenvalue weighted by Gasteiger charge is 2.26. The molecule has 2 aromatic carbocycles. The summed E-state index contributed by atoms with van der Waals surface area (Å²) in [6.45, 7) is 1.89. The van der Waals surface area contributed by atoms with Gasteiger partial charge < -0.3 is 19.7 Å². The molecule has 29 heavy (non-hydrogen) atoms. The highest BCUT2D eigenvalue weighted by atomic mass is 16.7. The van der Waals surface area contributed by atoms with Crippen molar-refractivity contribution in [2.24, 2.45) is 5.92 Å². The fourth-order valence-electron chi connectivity index (χ4n) is 3.58. The van der Waals surface area contributed by atoms with Gasteiger partial charge in [0.1, 0.15) is 0 Å². The Kier molecular flexibility index (Phi) is 5.79. The number of nitrogens with one attached hydrogen (secondary N) is 1. The maximum absolute atomic E-state index is 12.5. The number of fused-ring (bicyclic) bond motifs is 1. The van der Waals surface area contributed by atoms with Crippen molar-refractivity contribution in [2.75, 3.05) is 19.9 Å². The highest BCUT2D eigenvalue weighted by molar-refractivity contribution is 5.92. The van der Waals surface area contributed by atoms with E-state index in [9.17, 15) is 9.59 Å². The van der Waals surface area contributed by atoms with E-state index in [1.165, 1.54) is 0 Å². The summed E-state index contributed by atoms with van der Waals surface area (Å²) < 4.78 is 10.7. The lowest BCUT2D eigenvalue weighted by atomic mass is 9.95. The molecule has 0 spiro atoms. The number of likely N-dealkylation sites (tertiary alicyclic amines) is 1. The molecule has 1 fully saturated rings. The molecule has 0 atom stereocenters. The summed E-state index contributed by atoms with van der Waals surface area (Å²) >= 11 is 0. The minimum Gasteiger partial charge on any atom is -0.454 e. The van der Waals surface area contributed by atoms with Crippen molar-refractivity contribution in [3.63, 3.8) is 0 Å². The zero-order chi connectivity index (χ0) is 20.1. The van der Waals surface area contributed by atoms with Gasteiger partial charge in [-0.05, 0) is 42.2 Å². The highest BCUT2D eigenvalue weighted by Crippen LogP contribution is 2.32. The number of carbonyl (C=O) groups is 2. The van der Waals surface area contributed by atoms with Crippen molar-refractivity contribution in [3.8, 4) is 11.5 Å². The second kappa shape index (κ2) is 8.82. The summed E-state index contributed by atoms with van der Waals surface area (Å²) in [5.74, 6) is 1.42. The van der Waals surface area contributed by atoms with Gasteiger partial charge in [-0.25, -0.2) is 0 Å². The van der Waals surface area contributed by atoms with E-state index in [-0.39, 0.29) is 24.5 Å². The largest absolute Gasteiger partial charge is 0.454 e. The lowest BCUT2D eigenvalue weighted by Crippen LogP contribution is -2.42. The van der Waals surface area contributed by atoms with Gasteiger partial charge in [-0.2, -0.15) is 0 Å². The first-order valence-corrected chi connectivity index (χ1v) is 9.87. The monoisotopic (exact) mass is 392 g/mol. The summed E-state index contributed by atoms with van der Waals surface area (Å²) in [7, 11) is 0. The molecule has 2 aliphatic rings. The number of hydrogen-bond donors (Lipinski definition) is 1. The molecule has 0 radical (unpaired) electrons. The predicted molar refractivity (Wildman–Crippen MR) is 109 cm³/mol. The molecule has 6 nitrogen and oxygen atoms in total. The van der Waals surface area contributed by atoms with E-state index in [1.54, 1.807) is 11.0 Å². The zero-order valence-corrected chi connectivity index (χ0v) is 16.2. The van der Waals surface area contributed by atoms with Crippen LogP contribution in [0.15, 0.2) is 54.6 Å². The van der Waals surface area contributed by atoms with Gasteiger partial charge in [-0.3, -0.25) is 9.59 Å². The molecule has 2 aliphatic heterocycles. The van der Waals surface area contributed by atoms with E-state index >= 15 is 0 Å². The maximum Gasteiger partial charge on any atom is 0.246 e. The van der Waals surface area contributed by atoms with E-state index in [4.69, 9.17) is 9.47 Å².